The normalized spacial score (nSPS) is 38.2. The molecule has 1 aliphatic carbocycles. The van der Waals surface area contributed by atoms with Gasteiger partial charge in [0.15, 0.2) is 0 Å². The molecule has 0 aromatic heterocycles. The summed E-state index contributed by atoms with van der Waals surface area (Å²) in [6.07, 6.45) is 11.9. The van der Waals surface area contributed by atoms with Crippen LogP contribution in [-0.4, -0.2) is 17.4 Å². The zero-order chi connectivity index (χ0) is 12.4. The van der Waals surface area contributed by atoms with E-state index in [0.717, 1.165) is 31.8 Å². The van der Waals surface area contributed by atoms with E-state index in [0.29, 0.717) is 6.10 Å². The monoisotopic (exact) mass is 258 g/mol. The van der Waals surface area contributed by atoms with E-state index in [2.05, 4.69) is 13.8 Å². The maximum atomic E-state index is 12.8. The second-order valence-electron chi connectivity index (χ2n) is 5.88. The molecule has 1 heterocycles. The summed E-state index contributed by atoms with van der Waals surface area (Å²) in [5, 5.41) is 0.0838. The number of hydrogen-bond donors (Lipinski definition) is 0. The molecule has 3 heteroatoms. The van der Waals surface area contributed by atoms with Crippen molar-refractivity contribution in [3.05, 3.63) is 0 Å². The minimum Gasteiger partial charge on any atom is -0.325 e. The topological polar surface area (TPSA) is 26.3 Å². The molecular weight excluding hydrogens is 231 g/mol. The van der Waals surface area contributed by atoms with Crippen LogP contribution in [0.2, 0.25) is 0 Å². The van der Waals surface area contributed by atoms with Gasteiger partial charge in [0.25, 0.3) is 0 Å². The average molecular weight is 258 g/mol. The van der Waals surface area contributed by atoms with E-state index < -0.39 is 7.37 Å². The molecule has 0 radical (unpaired) electrons. The van der Waals surface area contributed by atoms with E-state index in [9.17, 15) is 4.57 Å². The lowest BCUT2D eigenvalue weighted by Gasteiger charge is -2.23. The summed E-state index contributed by atoms with van der Waals surface area (Å²) in [5.74, 6) is 0. The van der Waals surface area contributed by atoms with Gasteiger partial charge in [-0.25, -0.2) is 0 Å². The van der Waals surface area contributed by atoms with Crippen LogP contribution in [0, 0.1) is 0 Å². The highest BCUT2D eigenvalue weighted by molar-refractivity contribution is 7.68. The Morgan fingerprint density at radius 3 is 2.53 bits per heavy atom. The molecule has 2 aliphatic rings. The van der Waals surface area contributed by atoms with Crippen LogP contribution in [0.25, 0.3) is 0 Å². The SMILES string of the molecule is CCCCC1(CC)CP1(=O)OC1CCCCC1. The highest BCUT2D eigenvalue weighted by Crippen LogP contribution is 2.80. The fourth-order valence-corrected chi connectivity index (χ4v) is 6.60. The highest BCUT2D eigenvalue weighted by atomic mass is 31.2. The van der Waals surface area contributed by atoms with E-state index >= 15 is 0 Å². The molecule has 0 N–H and O–H groups in total. The second kappa shape index (κ2) is 5.45. The van der Waals surface area contributed by atoms with Crippen molar-refractivity contribution in [1.29, 1.82) is 0 Å². The molecule has 0 bridgehead atoms. The Morgan fingerprint density at radius 1 is 1.24 bits per heavy atom. The van der Waals surface area contributed by atoms with Crippen LogP contribution >= 0.6 is 7.37 Å². The van der Waals surface area contributed by atoms with Crippen molar-refractivity contribution < 1.29 is 9.09 Å². The summed E-state index contributed by atoms with van der Waals surface area (Å²) in [7, 11) is -2.26. The zero-order valence-corrected chi connectivity index (χ0v) is 12.3. The van der Waals surface area contributed by atoms with Crippen molar-refractivity contribution in [2.24, 2.45) is 0 Å². The molecule has 2 unspecified atom stereocenters. The van der Waals surface area contributed by atoms with Crippen LogP contribution in [0.1, 0.15) is 71.6 Å². The van der Waals surface area contributed by atoms with Gasteiger partial charge in [-0.15, -0.1) is 0 Å². The lowest BCUT2D eigenvalue weighted by Crippen LogP contribution is -2.15. The van der Waals surface area contributed by atoms with Gasteiger partial charge < -0.3 is 4.52 Å². The van der Waals surface area contributed by atoms with E-state index in [1.807, 2.05) is 0 Å². The van der Waals surface area contributed by atoms with Gasteiger partial charge >= 0.3 is 0 Å². The van der Waals surface area contributed by atoms with Gasteiger partial charge in [-0.1, -0.05) is 46.0 Å². The molecule has 2 rings (SSSR count). The molecule has 2 fully saturated rings. The third-order valence-corrected chi connectivity index (χ3v) is 8.07. The third kappa shape index (κ3) is 2.79. The fraction of sp³-hybridized carbons (Fsp3) is 1.00. The standard InChI is InChI=1S/C14H27O2P/c1-3-5-11-14(4-2)12-17(14,15)16-13-9-7-6-8-10-13/h13H,3-12H2,1-2H3. The van der Waals surface area contributed by atoms with Crippen LogP contribution in [-0.2, 0) is 9.09 Å². The van der Waals surface area contributed by atoms with Crippen molar-refractivity contribution in [1.82, 2.24) is 0 Å². The molecule has 2 atom stereocenters. The Balaban J connectivity index is 1.89. The Bertz CT molecular complexity index is 297. The summed E-state index contributed by atoms with van der Waals surface area (Å²) in [5.41, 5.74) is 0. The molecule has 1 aliphatic heterocycles. The van der Waals surface area contributed by atoms with Crippen LogP contribution < -0.4 is 0 Å². The Kier molecular flexibility index (Phi) is 4.36. The first-order chi connectivity index (χ1) is 8.16. The minimum absolute atomic E-state index is 0.0838. The smallest absolute Gasteiger partial charge is 0.211 e. The maximum Gasteiger partial charge on any atom is 0.211 e. The number of hydrogen-bond acceptors (Lipinski definition) is 2. The first-order valence-corrected chi connectivity index (χ1v) is 9.24. The van der Waals surface area contributed by atoms with Crippen LogP contribution in [0.4, 0.5) is 0 Å². The van der Waals surface area contributed by atoms with Crippen LogP contribution in [0.15, 0.2) is 0 Å². The van der Waals surface area contributed by atoms with Crippen LogP contribution in [0.5, 0.6) is 0 Å². The van der Waals surface area contributed by atoms with Crippen molar-refractivity contribution in [3.8, 4) is 0 Å². The Labute approximate surface area is 106 Å². The van der Waals surface area contributed by atoms with Crippen molar-refractivity contribution >= 4 is 7.37 Å². The maximum absolute atomic E-state index is 12.8. The first-order valence-electron chi connectivity index (χ1n) is 7.43. The van der Waals surface area contributed by atoms with Gasteiger partial charge in [0, 0.05) is 6.16 Å². The fourth-order valence-electron chi connectivity index (χ4n) is 3.20. The summed E-state index contributed by atoms with van der Waals surface area (Å²) in [6.45, 7) is 4.39. The predicted octanol–water partition coefficient (Wildman–Crippen LogP) is 4.97. The van der Waals surface area contributed by atoms with E-state index in [-0.39, 0.29) is 5.16 Å². The lowest BCUT2D eigenvalue weighted by molar-refractivity contribution is 0.162. The molecular formula is C14H27O2P. The molecule has 0 amide bonds. The van der Waals surface area contributed by atoms with E-state index in [1.165, 1.54) is 32.1 Å². The lowest BCUT2D eigenvalue weighted by atomic mass is 9.98. The van der Waals surface area contributed by atoms with Gasteiger partial charge in [0.2, 0.25) is 7.37 Å². The van der Waals surface area contributed by atoms with E-state index in [4.69, 9.17) is 4.52 Å². The van der Waals surface area contributed by atoms with Gasteiger partial charge in [0.1, 0.15) is 0 Å². The largest absolute Gasteiger partial charge is 0.325 e. The van der Waals surface area contributed by atoms with Gasteiger partial charge in [-0.3, -0.25) is 4.57 Å². The predicted molar refractivity (Wildman–Crippen MR) is 73.0 cm³/mol. The van der Waals surface area contributed by atoms with Gasteiger partial charge in [-0.05, 0) is 25.7 Å². The summed E-state index contributed by atoms with van der Waals surface area (Å²) < 4.78 is 18.8. The molecule has 0 aromatic carbocycles. The van der Waals surface area contributed by atoms with E-state index in [1.54, 1.807) is 0 Å². The first kappa shape index (κ1) is 13.6. The van der Waals surface area contributed by atoms with Crippen molar-refractivity contribution in [3.63, 3.8) is 0 Å². The molecule has 100 valence electrons. The summed E-state index contributed by atoms with van der Waals surface area (Å²) >= 11 is 0. The number of unbranched alkanes of at least 4 members (excludes halogenated alkanes) is 1. The molecule has 1 saturated carbocycles. The van der Waals surface area contributed by atoms with Gasteiger partial charge in [-0.2, -0.15) is 0 Å². The zero-order valence-electron chi connectivity index (χ0n) is 11.4. The molecule has 2 nitrogen and oxygen atoms in total. The Hall–Kier alpha value is 0.190. The summed E-state index contributed by atoms with van der Waals surface area (Å²) in [4.78, 5) is 0. The van der Waals surface area contributed by atoms with Crippen molar-refractivity contribution in [2.75, 3.05) is 6.16 Å². The Morgan fingerprint density at radius 2 is 1.94 bits per heavy atom. The second-order valence-corrected chi connectivity index (χ2v) is 8.70. The molecule has 17 heavy (non-hydrogen) atoms. The van der Waals surface area contributed by atoms with Crippen molar-refractivity contribution in [2.45, 2.75) is 82.9 Å². The summed E-state index contributed by atoms with van der Waals surface area (Å²) in [6, 6.07) is 0. The quantitative estimate of drug-likeness (QED) is 0.629. The van der Waals surface area contributed by atoms with Gasteiger partial charge in [0.05, 0.1) is 11.3 Å². The number of rotatable bonds is 6. The third-order valence-electron chi connectivity index (χ3n) is 4.65. The average Bonchev–Trinajstić information content (AvgIpc) is 2.93. The molecule has 0 spiro atoms. The minimum atomic E-state index is -2.26. The molecule has 0 aromatic rings. The molecule has 1 saturated heterocycles. The van der Waals surface area contributed by atoms with Crippen LogP contribution in [0.3, 0.4) is 0 Å². The highest BCUT2D eigenvalue weighted by Gasteiger charge is 2.65.